The summed E-state index contributed by atoms with van der Waals surface area (Å²) in [5, 5.41) is 18.7. The number of aromatic nitrogens is 1. The van der Waals surface area contributed by atoms with Crippen LogP contribution >= 0.6 is 0 Å². The molecule has 2 aromatic rings. The summed E-state index contributed by atoms with van der Waals surface area (Å²) in [5.74, 6) is -1.25. The summed E-state index contributed by atoms with van der Waals surface area (Å²) in [6, 6.07) is 10.5. The molecule has 5 nitrogen and oxygen atoms in total. The zero-order chi connectivity index (χ0) is 15.4. The quantitative estimate of drug-likeness (QED) is 0.876. The number of carboxylic acids is 1. The molecule has 1 heterocycles. The number of aliphatic hydroxyl groups is 1. The minimum absolute atomic E-state index is 0.239. The summed E-state index contributed by atoms with van der Waals surface area (Å²) in [5.41, 5.74) is 0.558. The Morgan fingerprint density at radius 1 is 1.24 bits per heavy atom. The van der Waals surface area contributed by atoms with E-state index in [2.05, 4.69) is 0 Å². The Hall–Kier alpha value is -2.40. The van der Waals surface area contributed by atoms with Crippen molar-refractivity contribution in [1.82, 2.24) is 4.57 Å². The van der Waals surface area contributed by atoms with Crippen LogP contribution in [0, 0.1) is 6.92 Å². The second kappa shape index (κ2) is 6.37. The van der Waals surface area contributed by atoms with Crippen molar-refractivity contribution in [2.75, 3.05) is 6.61 Å². The molecule has 1 aromatic heterocycles. The van der Waals surface area contributed by atoms with E-state index in [0.717, 1.165) is 5.56 Å². The molecule has 2 N–H and O–H groups in total. The number of aryl methyl sites for hydroxylation is 1. The summed E-state index contributed by atoms with van der Waals surface area (Å²) < 4.78 is 1.30. The molecule has 5 heteroatoms. The van der Waals surface area contributed by atoms with Gasteiger partial charge in [-0.1, -0.05) is 30.3 Å². The van der Waals surface area contributed by atoms with Crippen LogP contribution in [0.15, 0.2) is 47.4 Å². The number of nitrogens with zero attached hydrogens (tertiary/aromatic N) is 1. The van der Waals surface area contributed by atoms with Crippen molar-refractivity contribution in [3.63, 3.8) is 0 Å². The fourth-order valence-electron chi connectivity index (χ4n) is 2.33. The van der Waals surface area contributed by atoms with Crippen molar-refractivity contribution in [2.24, 2.45) is 0 Å². The number of benzene rings is 1. The number of aromatic carboxylic acids is 1. The van der Waals surface area contributed by atoms with E-state index in [1.165, 1.54) is 10.8 Å². The van der Waals surface area contributed by atoms with Crippen molar-refractivity contribution >= 4 is 5.97 Å². The van der Waals surface area contributed by atoms with E-state index in [0.29, 0.717) is 12.0 Å². The number of hydrogen-bond acceptors (Lipinski definition) is 3. The lowest BCUT2D eigenvalue weighted by Crippen LogP contribution is -2.32. The highest BCUT2D eigenvalue weighted by atomic mass is 16.4. The van der Waals surface area contributed by atoms with E-state index >= 15 is 0 Å². The third-order valence-electron chi connectivity index (χ3n) is 3.46. The van der Waals surface area contributed by atoms with Gasteiger partial charge in [-0.15, -0.1) is 0 Å². The summed E-state index contributed by atoms with van der Waals surface area (Å²) in [6.07, 6.45) is 1.99. The second-order valence-electron chi connectivity index (χ2n) is 4.92. The average molecular weight is 287 g/mol. The van der Waals surface area contributed by atoms with Gasteiger partial charge < -0.3 is 14.8 Å². The molecule has 0 spiro atoms. The lowest BCUT2D eigenvalue weighted by Gasteiger charge is -2.18. The Balaban J connectivity index is 2.42. The Labute approximate surface area is 122 Å². The standard InChI is InChI=1S/C16H17NO4/c1-11-7-8-17(15(19)14(11)16(20)21)13(10-18)9-12-5-3-2-4-6-12/h2-8,13,18H,9-10H2,1H3,(H,20,21)/t13-/m0/s1. The second-order valence-corrected chi connectivity index (χ2v) is 4.92. The molecule has 0 bridgehead atoms. The molecule has 0 aliphatic heterocycles. The van der Waals surface area contributed by atoms with Gasteiger partial charge in [0, 0.05) is 6.20 Å². The summed E-state index contributed by atoms with van der Waals surface area (Å²) in [7, 11) is 0. The summed E-state index contributed by atoms with van der Waals surface area (Å²) in [4.78, 5) is 23.5. The number of carbonyl (C=O) groups is 1. The third-order valence-corrected chi connectivity index (χ3v) is 3.46. The molecular weight excluding hydrogens is 270 g/mol. The molecule has 0 amide bonds. The SMILES string of the molecule is Cc1ccn([C@H](CO)Cc2ccccc2)c(=O)c1C(=O)O. The van der Waals surface area contributed by atoms with E-state index < -0.39 is 17.6 Å². The van der Waals surface area contributed by atoms with Crippen LogP contribution in [0.5, 0.6) is 0 Å². The van der Waals surface area contributed by atoms with Crippen LogP contribution in [0.25, 0.3) is 0 Å². The van der Waals surface area contributed by atoms with Crippen LogP contribution in [0.3, 0.4) is 0 Å². The Morgan fingerprint density at radius 3 is 2.48 bits per heavy atom. The van der Waals surface area contributed by atoms with Crippen molar-refractivity contribution in [3.05, 3.63) is 69.6 Å². The maximum atomic E-state index is 12.3. The predicted molar refractivity (Wildman–Crippen MR) is 78.7 cm³/mol. The number of carboxylic acid groups (broad SMARTS) is 1. The smallest absolute Gasteiger partial charge is 0.341 e. The molecule has 0 radical (unpaired) electrons. The topological polar surface area (TPSA) is 79.5 Å². The largest absolute Gasteiger partial charge is 0.477 e. The summed E-state index contributed by atoms with van der Waals surface area (Å²) in [6.45, 7) is 1.34. The molecule has 1 aromatic carbocycles. The molecule has 0 aliphatic rings. The van der Waals surface area contributed by atoms with Crippen LogP contribution in [0.2, 0.25) is 0 Å². The van der Waals surface area contributed by atoms with Crippen molar-refractivity contribution in [3.8, 4) is 0 Å². The van der Waals surface area contributed by atoms with Crippen LogP contribution in [0.4, 0.5) is 0 Å². The van der Waals surface area contributed by atoms with Gasteiger partial charge in [0.25, 0.3) is 5.56 Å². The van der Waals surface area contributed by atoms with Gasteiger partial charge >= 0.3 is 5.97 Å². The lowest BCUT2D eigenvalue weighted by atomic mass is 10.1. The number of hydrogen-bond donors (Lipinski definition) is 2. The molecule has 0 fully saturated rings. The molecule has 21 heavy (non-hydrogen) atoms. The normalized spacial score (nSPS) is 12.1. The van der Waals surface area contributed by atoms with E-state index in [9.17, 15) is 14.7 Å². The maximum Gasteiger partial charge on any atom is 0.341 e. The average Bonchev–Trinajstić information content (AvgIpc) is 2.46. The zero-order valence-electron chi connectivity index (χ0n) is 11.7. The van der Waals surface area contributed by atoms with E-state index in [4.69, 9.17) is 5.11 Å². The van der Waals surface area contributed by atoms with Gasteiger partial charge in [-0.25, -0.2) is 4.79 Å². The van der Waals surface area contributed by atoms with Crippen LogP contribution in [-0.4, -0.2) is 27.4 Å². The maximum absolute atomic E-state index is 12.3. The first kappa shape index (κ1) is 15.0. The first-order chi connectivity index (χ1) is 10.0. The summed E-state index contributed by atoms with van der Waals surface area (Å²) >= 11 is 0. The van der Waals surface area contributed by atoms with Crippen LogP contribution < -0.4 is 5.56 Å². The van der Waals surface area contributed by atoms with E-state index in [-0.39, 0.29) is 12.2 Å². The number of aliphatic hydroxyl groups excluding tert-OH is 1. The lowest BCUT2D eigenvalue weighted by molar-refractivity contribution is 0.0692. The van der Waals surface area contributed by atoms with Gasteiger partial charge in [-0.3, -0.25) is 4.79 Å². The molecule has 0 saturated heterocycles. The highest BCUT2D eigenvalue weighted by molar-refractivity contribution is 5.88. The molecule has 2 rings (SSSR count). The van der Waals surface area contributed by atoms with Gasteiger partial charge in [0.15, 0.2) is 0 Å². The van der Waals surface area contributed by atoms with E-state index in [1.54, 1.807) is 13.0 Å². The zero-order valence-corrected chi connectivity index (χ0v) is 11.7. The molecule has 0 unspecified atom stereocenters. The first-order valence-corrected chi connectivity index (χ1v) is 6.64. The minimum atomic E-state index is -1.25. The third kappa shape index (κ3) is 3.20. The molecule has 0 aliphatic carbocycles. The van der Waals surface area contributed by atoms with Crippen LogP contribution in [0.1, 0.15) is 27.5 Å². The monoisotopic (exact) mass is 287 g/mol. The predicted octanol–water partition coefficient (Wildman–Crippen LogP) is 1.63. The number of rotatable bonds is 5. The van der Waals surface area contributed by atoms with Gasteiger partial charge in [0.1, 0.15) is 5.56 Å². The molecule has 110 valence electrons. The Morgan fingerprint density at radius 2 is 1.90 bits per heavy atom. The highest BCUT2D eigenvalue weighted by Gasteiger charge is 2.19. The van der Waals surface area contributed by atoms with Crippen molar-refractivity contribution in [1.29, 1.82) is 0 Å². The van der Waals surface area contributed by atoms with Crippen molar-refractivity contribution in [2.45, 2.75) is 19.4 Å². The van der Waals surface area contributed by atoms with Gasteiger partial charge in [0.05, 0.1) is 12.6 Å². The van der Waals surface area contributed by atoms with Gasteiger partial charge in [0.2, 0.25) is 0 Å². The molecule has 1 atom stereocenters. The number of pyridine rings is 1. The van der Waals surface area contributed by atoms with E-state index in [1.807, 2.05) is 30.3 Å². The van der Waals surface area contributed by atoms with Crippen molar-refractivity contribution < 1.29 is 15.0 Å². The fraction of sp³-hybridized carbons (Fsp3) is 0.250. The fourth-order valence-corrected chi connectivity index (χ4v) is 2.33. The minimum Gasteiger partial charge on any atom is -0.477 e. The van der Waals surface area contributed by atoms with Crippen LogP contribution in [-0.2, 0) is 6.42 Å². The molecular formula is C16H17NO4. The highest BCUT2D eigenvalue weighted by Crippen LogP contribution is 2.13. The molecule has 0 saturated carbocycles. The van der Waals surface area contributed by atoms with Gasteiger partial charge in [-0.05, 0) is 30.5 Å². The first-order valence-electron chi connectivity index (χ1n) is 6.64. The van der Waals surface area contributed by atoms with Gasteiger partial charge in [-0.2, -0.15) is 0 Å². The Bertz CT molecular complexity index is 691. The Kier molecular flexibility index (Phi) is 4.55.